The second kappa shape index (κ2) is 8.14. The molecule has 0 aromatic heterocycles. The molecule has 0 aromatic rings. The number of alkyl carbamates (subject to hydrolysis) is 1. The molecule has 0 bridgehead atoms. The van der Waals surface area contributed by atoms with Crippen molar-refractivity contribution in [1.82, 2.24) is 10.2 Å². The van der Waals surface area contributed by atoms with Crippen LogP contribution in [0.25, 0.3) is 0 Å². The van der Waals surface area contributed by atoms with E-state index in [2.05, 4.69) is 5.32 Å². The smallest absolute Gasteiger partial charge is 0.407 e. The van der Waals surface area contributed by atoms with Gasteiger partial charge in [0.2, 0.25) is 0 Å². The molecule has 1 aliphatic rings. The third-order valence-electron chi connectivity index (χ3n) is 2.85. The van der Waals surface area contributed by atoms with E-state index in [0.29, 0.717) is 32.1 Å². The third-order valence-corrected chi connectivity index (χ3v) is 2.98. The van der Waals surface area contributed by atoms with Crippen molar-refractivity contribution < 1.29 is 14.3 Å². The number of nitrogens with zero attached hydrogens (tertiary/aromatic N) is 1. The maximum atomic E-state index is 11.7. The molecule has 1 fully saturated rings. The fourth-order valence-corrected chi connectivity index (χ4v) is 2.00. The molecule has 1 saturated heterocycles. The summed E-state index contributed by atoms with van der Waals surface area (Å²) in [6.07, 6.45) is 2.68. The van der Waals surface area contributed by atoms with Crippen LogP contribution in [0.1, 0.15) is 20.8 Å². The fraction of sp³-hybridized carbons (Fsp3) is 0.643. The normalized spacial score (nSPS) is 20.7. The summed E-state index contributed by atoms with van der Waals surface area (Å²) >= 11 is 5.58. The van der Waals surface area contributed by atoms with Gasteiger partial charge in [0.25, 0.3) is 0 Å². The summed E-state index contributed by atoms with van der Waals surface area (Å²) in [5, 5.41) is 2.88. The van der Waals surface area contributed by atoms with Gasteiger partial charge in [0.15, 0.2) is 0 Å². The quantitative estimate of drug-likeness (QED) is 0.525. The zero-order valence-corrected chi connectivity index (χ0v) is 14.0. The molecule has 0 saturated carbocycles. The largest absolute Gasteiger partial charge is 0.444 e. The molecule has 7 nitrogen and oxygen atoms in total. The highest BCUT2D eigenvalue weighted by Gasteiger charge is 2.25. The van der Waals surface area contributed by atoms with E-state index in [1.54, 1.807) is 6.08 Å². The van der Waals surface area contributed by atoms with Crippen molar-refractivity contribution >= 4 is 17.7 Å². The number of amides is 1. The number of allylic oxidation sites excluding steroid dienone is 2. The summed E-state index contributed by atoms with van der Waals surface area (Å²) in [7, 11) is 0. The molecule has 5 N–H and O–H groups in total. The van der Waals surface area contributed by atoms with Crippen LogP contribution in [-0.4, -0.2) is 48.9 Å². The molecule has 0 aromatic carbocycles. The highest BCUT2D eigenvalue weighted by molar-refractivity contribution is 6.29. The number of nitrogens with two attached hydrogens (primary N) is 2. The lowest BCUT2D eigenvalue weighted by Gasteiger charge is -2.37. The number of nitrogens with one attached hydrogen (secondary N) is 1. The fourth-order valence-electron chi connectivity index (χ4n) is 1.94. The van der Waals surface area contributed by atoms with Crippen molar-refractivity contribution in [1.29, 1.82) is 0 Å². The molecule has 1 aliphatic heterocycles. The summed E-state index contributed by atoms with van der Waals surface area (Å²) in [6, 6.07) is -0.0810. The van der Waals surface area contributed by atoms with Crippen LogP contribution in [0, 0.1) is 0 Å². The summed E-state index contributed by atoms with van der Waals surface area (Å²) in [5.74, 6) is 0.517. The van der Waals surface area contributed by atoms with Gasteiger partial charge < -0.3 is 31.2 Å². The molecule has 126 valence electrons. The molecule has 0 spiro atoms. The molecule has 1 amide bonds. The Balaban J connectivity index is 2.60. The zero-order valence-electron chi connectivity index (χ0n) is 13.3. The molecular formula is C14H25ClN4O3. The highest BCUT2D eigenvalue weighted by atomic mass is 35.5. The predicted octanol–water partition coefficient (Wildman–Crippen LogP) is 1.05. The average Bonchev–Trinajstić information content (AvgIpc) is 2.41. The van der Waals surface area contributed by atoms with Crippen molar-refractivity contribution in [3.63, 3.8) is 0 Å². The third kappa shape index (κ3) is 6.91. The van der Waals surface area contributed by atoms with E-state index in [4.69, 9.17) is 32.5 Å². The Morgan fingerprint density at radius 3 is 2.73 bits per heavy atom. The Labute approximate surface area is 136 Å². The Bertz CT molecular complexity index is 442. The predicted molar refractivity (Wildman–Crippen MR) is 85.9 cm³/mol. The Morgan fingerprint density at radius 1 is 1.45 bits per heavy atom. The van der Waals surface area contributed by atoms with E-state index >= 15 is 0 Å². The maximum absolute atomic E-state index is 11.7. The average molecular weight is 333 g/mol. The van der Waals surface area contributed by atoms with Gasteiger partial charge >= 0.3 is 6.09 Å². The van der Waals surface area contributed by atoms with Gasteiger partial charge in [0.1, 0.15) is 5.60 Å². The summed E-state index contributed by atoms with van der Waals surface area (Å²) < 4.78 is 10.6. The van der Waals surface area contributed by atoms with Gasteiger partial charge in [-0.1, -0.05) is 11.6 Å². The minimum Gasteiger partial charge on any atom is -0.444 e. The van der Waals surface area contributed by atoms with Crippen molar-refractivity contribution in [2.75, 3.05) is 26.3 Å². The molecule has 22 heavy (non-hydrogen) atoms. The second-order valence-corrected chi connectivity index (χ2v) is 6.38. The van der Waals surface area contributed by atoms with Crippen molar-refractivity contribution in [3.8, 4) is 0 Å². The first-order chi connectivity index (χ1) is 10.2. The van der Waals surface area contributed by atoms with E-state index in [0.717, 1.165) is 0 Å². The minimum atomic E-state index is -0.533. The van der Waals surface area contributed by atoms with Crippen LogP contribution in [0.15, 0.2) is 23.1 Å². The summed E-state index contributed by atoms with van der Waals surface area (Å²) in [6.45, 7) is 7.45. The number of rotatable bonds is 4. The molecule has 1 rings (SSSR count). The van der Waals surface area contributed by atoms with E-state index in [1.807, 2.05) is 25.7 Å². The van der Waals surface area contributed by atoms with Crippen LogP contribution in [0.3, 0.4) is 0 Å². The lowest BCUT2D eigenvalue weighted by molar-refractivity contribution is 0.00677. The number of hydrogen-bond donors (Lipinski definition) is 3. The lowest BCUT2D eigenvalue weighted by atomic mass is 10.2. The van der Waals surface area contributed by atoms with Gasteiger partial charge in [-0.3, -0.25) is 0 Å². The highest BCUT2D eigenvalue weighted by Crippen LogP contribution is 2.12. The number of morpholine rings is 1. The lowest BCUT2D eigenvalue weighted by Crippen LogP contribution is -2.52. The van der Waals surface area contributed by atoms with Crippen molar-refractivity contribution in [2.45, 2.75) is 32.4 Å². The van der Waals surface area contributed by atoms with Gasteiger partial charge in [-0.2, -0.15) is 0 Å². The summed E-state index contributed by atoms with van der Waals surface area (Å²) in [5.41, 5.74) is 10.9. The van der Waals surface area contributed by atoms with Crippen LogP contribution in [0.4, 0.5) is 4.79 Å². The maximum Gasteiger partial charge on any atom is 0.407 e. The van der Waals surface area contributed by atoms with Crippen LogP contribution in [-0.2, 0) is 9.47 Å². The Kier molecular flexibility index (Phi) is 6.83. The molecular weight excluding hydrogens is 308 g/mol. The number of carbonyl (C=O) groups excluding carboxylic acids is 1. The van der Waals surface area contributed by atoms with Gasteiger partial charge in [-0.15, -0.1) is 0 Å². The number of ether oxygens (including phenoxy) is 2. The van der Waals surface area contributed by atoms with E-state index < -0.39 is 11.7 Å². The first kappa shape index (κ1) is 18.4. The van der Waals surface area contributed by atoms with Crippen molar-refractivity contribution in [3.05, 3.63) is 23.1 Å². The molecule has 8 heteroatoms. The number of carbonyl (C=O) groups is 1. The van der Waals surface area contributed by atoms with E-state index in [9.17, 15) is 4.79 Å². The molecule has 1 atom stereocenters. The molecule has 1 unspecified atom stereocenters. The monoisotopic (exact) mass is 332 g/mol. The number of hydrogen-bond acceptors (Lipinski definition) is 6. The summed E-state index contributed by atoms with van der Waals surface area (Å²) in [4.78, 5) is 13.7. The molecule has 1 heterocycles. The van der Waals surface area contributed by atoms with Crippen LogP contribution >= 0.6 is 11.6 Å². The SMILES string of the molecule is CC(C)(C)OC(=O)NCC1COCCN1/C(N)=C/C=C(\N)Cl. The van der Waals surface area contributed by atoms with E-state index in [-0.39, 0.29) is 11.2 Å². The standard InChI is InChI=1S/C14H25ClN4O3/c1-14(2,3)22-13(20)18-8-10-9-21-7-6-19(10)12(17)5-4-11(15)16/h4-5,10H,6-9,16-17H2,1-3H3,(H,18,20)/b11-4-,12-5+. The van der Waals surface area contributed by atoms with Gasteiger partial charge in [0, 0.05) is 13.1 Å². The van der Waals surface area contributed by atoms with Gasteiger partial charge in [-0.25, -0.2) is 4.79 Å². The van der Waals surface area contributed by atoms with Crippen molar-refractivity contribution in [2.24, 2.45) is 11.5 Å². The Morgan fingerprint density at radius 2 is 2.14 bits per heavy atom. The topological polar surface area (TPSA) is 103 Å². The first-order valence-corrected chi connectivity index (χ1v) is 7.46. The first-order valence-electron chi connectivity index (χ1n) is 7.08. The Hall–Kier alpha value is -1.60. The van der Waals surface area contributed by atoms with Gasteiger partial charge in [0.05, 0.1) is 30.2 Å². The van der Waals surface area contributed by atoms with Crippen LogP contribution in [0.2, 0.25) is 0 Å². The van der Waals surface area contributed by atoms with Gasteiger partial charge in [-0.05, 0) is 32.9 Å². The van der Waals surface area contributed by atoms with E-state index in [1.165, 1.54) is 6.08 Å². The second-order valence-electron chi connectivity index (χ2n) is 5.95. The van der Waals surface area contributed by atoms with Crippen LogP contribution < -0.4 is 16.8 Å². The zero-order chi connectivity index (χ0) is 16.8. The minimum absolute atomic E-state index is 0.0810. The van der Waals surface area contributed by atoms with Crippen LogP contribution in [0.5, 0.6) is 0 Å². The number of halogens is 1. The molecule has 0 aliphatic carbocycles. The molecule has 0 radical (unpaired) electrons.